The standard InChI is InChI=1S/C26H29N5O2S/c1-16(2)22-24(34-29-28-22)26(33)30-12-10-18(11-13-30)23-21(9-8-17(3)27-23)25(32)31-14-19-6-4-5-7-20(19)15-31/h4-9,16,18H,10-15H2,1-3H3. The number of carbonyl (C=O) groups excluding carboxylic acids is 2. The van der Waals surface area contributed by atoms with Gasteiger partial charge in [0.1, 0.15) is 4.88 Å². The van der Waals surface area contributed by atoms with Gasteiger partial charge in [-0.3, -0.25) is 14.6 Å². The van der Waals surface area contributed by atoms with Crippen molar-refractivity contribution in [2.45, 2.75) is 58.5 Å². The van der Waals surface area contributed by atoms with E-state index in [4.69, 9.17) is 4.98 Å². The maximum Gasteiger partial charge on any atom is 0.267 e. The molecule has 7 nitrogen and oxygen atoms in total. The smallest absolute Gasteiger partial charge is 0.267 e. The van der Waals surface area contributed by atoms with E-state index in [0.29, 0.717) is 36.6 Å². The van der Waals surface area contributed by atoms with Crippen molar-refractivity contribution in [3.63, 3.8) is 0 Å². The van der Waals surface area contributed by atoms with Crippen molar-refractivity contribution in [1.82, 2.24) is 24.4 Å². The molecule has 1 fully saturated rings. The van der Waals surface area contributed by atoms with Crippen LogP contribution in [0.15, 0.2) is 36.4 Å². The van der Waals surface area contributed by atoms with Crippen molar-refractivity contribution < 1.29 is 9.59 Å². The average Bonchev–Trinajstić information content (AvgIpc) is 3.51. The van der Waals surface area contributed by atoms with Crippen LogP contribution in [0.2, 0.25) is 0 Å². The highest BCUT2D eigenvalue weighted by atomic mass is 32.1. The maximum atomic E-state index is 13.5. The monoisotopic (exact) mass is 475 g/mol. The number of rotatable bonds is 4. The summed E-state index contributed by atoms with van der Waals surface area (Å²) in [6, 6.07) is 12.1. The number of hydrogen-bond acceptors (Lipinski definition) is 6. The Morgan fingerprint density at radius 3 is 2.29 bits per heavy atom. The van der Waals surface area contributed by atoms with Gasteiger partial charge in [-0.1, -0.05) is 42.6 Å². The van der Waals surface area contributed by atoms with Gasteiger partial charge in [0, 0.05) is 37.8 Å². The van der Waals surface area contributed by atoms with Crippen molar-refractivity contribution in [2.24, 2.45) is 0 Å². The summed E-state index contributed by atoms with van der Waals surface area (Å²) < 4.78 is 4.01. The summed E-state index contributed by atoms with van der Waals surface area (Å²) in [5.41, 5.74) is 5.67. The predicted octanol–water partition coefficient (Wildman–Crippen LogP) is 4.54. The fourth-order valence-corrected chi connectivity index (χ4v) is 5.73. The van der Waals surface area contributed by atoms with Crippen LogP contribution in [0, 0.1) is 6.92 Å². The number of nitrogens with zero attached hydrogens (tertiary/aromatic N) is 5. The van der Waals surface area contributed by atoms with Crippen LogP contribution in [0.1, 0.15) is 86.8 Å². The van der Waals surface area contributed by atoms with Gasteiger partial charge in [0.25, 0.3) is 11.8 Å². The second-order valence-electron chi connectivity index (χ2n) is 9.52. The molecule has 0 aliphatic carbocycles. The van der Waals surface area contributed by atoms with E-state index in [0.717, 1.165) is 29.9 Å². The molecule has 0 spiro atoms. The fourth-order valence-electron chi connectivity index (χ4n) is 4.94. The van der Waals surface area contributed by atoms with E-state index in [9.17, 15) is 9.59 Å². The summed E-state index contributed by atoms with van der Waals surface area (Å²) in [7, 11) is 0. The first-order chi connectivity index (χ1) is 16.4. The van der Waals surface area contributed by atoms with Gasteiger partial charge in [-0.25, -0.2) is 0 Å². The molecule has 0 radical (unpaired) electrons. The lowest BCUT2D eigenvalue weighted by atomic mass is 9.89. The molecule has 34 heavy (non-hydrogen) atoms. The number of likely N-dealkylation sites (tertiary alicyclic amines) is 1. The van der Waals surface area contributed by atoms with Crippen LogP contribution in [0.25, 0.3) is 0 Å². The molecule has 0 saturated carbocycles. The van der Waals surface area contributed by atoms with Gasteiger partial charge < -0.3 is 9.80 Å². The van der Waals surface area contributed by atoms with Crippen LogP contribution < -0.4 is 0 Å². The van der Waals surface area contributed by atoms with Gasteiger partial charge in [-0.05, 0) is 60.5 Å². The predicted molar refractivity (Wildman–Crippen MR) is 131 cm³/mol. The zero-order valence-electron chi connectivity index (χ0n) is 19.8. The molecule has 176 valence electrons. The molecule has 2 aromatic heterocycles. The first kappa shape index (κ1) is 22.7. The van der Waals surface area contributed by atoms with Gasteiger partial charge in [-0.2, -0.15) is 0 Å². The Balaban J connectivity index is 1.32. The lowest BCUT2D eigenvalue weighted by Gasteiger charge is -2.32. The number of amides is 2. The number of aryl methyl sites for hydroxylation is 1. The highest BCUT2D eigenvalue weighted by Crippen LogP contribution is 2.33. The molecule has 0 bridgehead atoms. The van der Waals surface area contributed by atoms with E-state index in [1.165, 1.54) is 22.7 Å². The highest BCUT2D eigenvalue weighted by molar-refractivity contribution is 7.08. The zero-order chi connectivity index (χ0) is 23.8. The number of hydrogen-bond donors (Lipinski definition) is 0. The molecule has 2 amide bonds. The van der Waals surface area contributed by atoms with Crippen molar-refractivity contribution in [3.8, 4) is 0 Å². The van der Waals surface area contributed by atoms with Crippen molar-refractivity contribution in [1.29, 1.82) is 0 Å². The van der Waals surface area contributed by atoms with Gasteiger partial charge in [0.05, 0.1) is 17.0 Å². The first-order valence-corrected chi connectivity index (χ1v) is 12.6. The molecule has 5 rings (SSSR count). The normalized spacial score (nSPS) is 16.2. The topological polar surface area (TPSA) is 79.3 Å². The molecule has 4 heterocycles. The third-order valence-corrected chi connectivity index (χ3v) is 7.58. The third-order valence-electron chi connectivity index (χ3n) is 6.85. The number of pyridine rings is 1. The molecular formula is C26H29N5O2S. The minimum atomic E-state index is 0.0143. The Hall–Kier alpha value is -3.13. The van der Waals surface area contributed by atoms with Gasteiger partial charge in [0.15, 0.2) is 0 Å². The minimum absolute atomic E-state index is 0.0143. The van der Waals surface area contributed by atoms with Crippen molar-refractivity contribution in [2.75, 3.05) is 13.1 Å². The minimum Gasteiger partial charge on any atom is -0.338 e. The first-order valence-electron chi connectivity index (χ1n) is 11.9. The molecule has 8 heteroatoms. The quantitative estimate of drug-likeness (QED) is 0.554. The Kier molecular flexibility index (Phi) is 6.16. The molecule has 1 aromatic carbocycles. The number of benzene rings is 1. The number of piperidine rings is 1. The largest absolute Gasteiger partial charge is 0.338 e. The summed E-state index contributed by atoms with van der Waals surface area (Å²) in [6.45, 7) is 8.56. The van der Waals surface area contributed by atoms with E-state index in [-0.39, 0.29) is 23.7 Å². The highest BCUT2D eigenvalue weighted by Gasteiger charge is 2.32. The van der Waals surface area contributed by atoms with Crippen LogP contribution >= 0.6 is 11.5 Å². The Morgan fingerprint density at radius 1 is 0.971 bits per heavy atom. The molecule has 1 saturated heterocycles. The number of aromatic nitrogens is 3. The Labute approximate surface area is 204 Å². The van der Waals surface area contributed by atoms with Crippen LogP contribution in [-0.4, -0.2) is 49.3 Å². The molecule has 3 aromatic rings. The van der Waals surface area contributed by atoms with Crippen molar-refractivity contribution in [3.05, 3.63) is 75.0 Å². The summed E-state index contributed by atoms with van der Waals surface area (Å²) in [5, 5.41) is 4.16. The second kappa shape index (κ2) is 9.25. The number of carbonyl (C=O) groups is 2. The van der Waals surface area contributed by atoms with Crippen molar-refractivity contribution >= 4 is 23.3 Å². The number of fused-ring (bicyclic) bond motifs is 1. The van der Waals surface area contributed by atoms with Crippen LogP contribution in [0.5, 0.6) is 0 Å². The molecule has 0 unspecified atom stereocenters. The van der Waals surface area contributed by atoms with E-state index in [2.05, 4.69) is 21.7 Å². The van der Waals surface area contributed by atoms with Crippen LogP contribution in [0.4, 0.5) is 0 Å². The lowest BCUT2D eigenvalue weighted by Crippen LogP contribution is -2.38. The average molecular weight is 476 g/mol. The SMILES string of the molecule is Cc1ccc(C(=O)N2Cc3ccccc3C2)c(C2CCN(C(=O)c3snnc3C(C)C)CC2)n1. The Bertz CT molecular complexity index is 1200. The zero-order valence-corrected chi connectivity index (χ0v) is 20.6. The second-order valence-corrected chi connectivity index (χ2v) is 10.3. The van der Waals surface area contributed by atoms with Gasteiger partial charge in [-0.15, -0.1) is 5.10 Å². The van der Waals surface area contributed by atoms with Gasteiger partial charge >= 0.3 is 0 Å². The summed E-state index contributed by atoms with van der Waals surface area (Å²) in [6.07, 6.45) is 1.57. The van der Waals surface area contributed by atoms with E-state index in [1.807, 2.05) is 54.8 Å². The van der Waals surface area contributed by atoms with Crippen LogP contribution in [0.3, 0.4) is 0 Å². The Morgan fingerprint density at radius 2 is 1.65 bits per heavy atom. The third kappa shape index (κ3) is 4.22. The lowest BCUT2D eigenvalue weighted by molar-refractivity contribution is 0.0705. The summed E-state index contributed by atoms with van der Waals surface area (Å²) in [5.74, 6) is 0.365. The van der Waals surface area contributed by atoms with E-state index in [1.54, 1.807) is 0 Å². The maximum absolute atomic E-state index is 13.5. The molecule has 2 aliphatic rings. The van der Waals surface area contributed by atoms with E-state index < -0.39 is 0 Å². The molecule has 0 atom stereocenters. The molecular weight excluding hydrogens is 446 g/mol. The summed E-state index contributed by atoms with van der Waals surface area (Å²) in [4.78, 5) is 35.9. The summed E-state index contributed by atoms with van der Waals surface area (Å²) >= 11 is 1.18. The van der Waals surface area contributed by atoms with Gasteiger partial charge in [0.2, 0.25) is 0 Å². The van der Waals surface area contributed by atoms with Crippen LogP contribution in [-0.2, 0) is 13.1 Å². The fraction of sp³-hybridized carbons (Fsp3) is 0.423. The van der Waals surface area contributed by atoms with E-state index >= 15 is 0 Å². The molecule has 2 aliphatic heterocycles. The molecule has 0 N–H and O–H groups in total.